The van der Waals surface area contributed by atoms with Gasteiger partial charge in [0.25, 0.3) is 0 Å². The first-order valence-corrected chi connectivity index (χ1v) is 8.50. The highest BCUT2D eigenvalue weighted by molar-refractivity contribution is 5.92. The average molecular weight is 362 g/mol. The lowest BCUT2D eigenvalue weighted by molar-refractivity contribution is -0.155. The fraction of sp³-hybridized carbons (Fsp3) is 0.474. The fourth-order valence-corrected chi connectivity index (χ4v) is 2.47. The minimum atomic E-state index is -0.590. The monoisotopic (exact) mass is 362 g/mol. The number of ether oxygens (including phenoxy) is 3. The van der Waals surface area contributed by atoms with Gasteiger partial charge >= 0.3 is 12.1 Å². The quantitative estimate of drug-likeness (QED) is 0.557. The molecule has 142 valence electrons. The van der Waals surface area contributed by atoms with Crippen LogP contribution < -0.4 is 4.74 Å². The topological polar surface area (TPSA) is 70.0 Å². The van der Waals surface area contributed by atoms with Gasteiger partial charge in [0.05, 0.1) is 18.5 Å². The molecule has 0 radical (unpaired) electrons. The lowest BCUT2D eigenvalue weighted by atomic mass is 10.1. The third-order valence-corrected chi connectivity index (χ3v) is 3.97. The summed E-state index contributed by atoms with van der Waals surface area (Å²) in [5.74, 6) is 0.0402. The van der Waals surface area contributed by atoms with E-state index >= 15 is 0 Å². The van der Waals surface area contributed by atoms with E-state index in [9.17, 15) is 9.59 Å². The zero-order valence-electron chi connectivity index (χ0n) is 15.9. The third kappa shape index (κ3) is 4.76. The summed E-state index contributed by atoms with van der Waals surface area (Å²) in [7, 11) is 5.60. The highest BCUT2D eigenvalue weighted by atomic mass is 16.7. The first-order chi connectivity index (χ1) is 12.3. The highest BCUT2D eigenvalue weighted by Crippen LogP contribution is 2.27. The molecule has 0 aliphatic heterocycles. The molecule has 0 amide bonds. The molecule has 0 aliphatic rings. The maximum atomic E-state index is 12.4. The Morgan fingerprint density at radius 1 is 1.19 bits per heavy atom. The highest BCUT2D eigenvalue weighted by Gasteiger charge is 2.17. The van der Waals surface area contributed by atoms with Crippen molar-refractivity contribution in [1.29, 1.82) is 0 Å². The van der Waals surface area contributed by atoms with Crippen LogP contribution in [0.15, 0.2) is 24.4 Å². The van der Waals surface area contributed by atoms with E-state index in [1.54, 1.807) is 33.2 Å². The van der Waals surface area contributed by atoms with Crippen LogP contribution in [0.4, 0.5) is 4.79 Å². The lowest BCUT2D eigenvalue weighted by Crippen LogP contribution is -2.19. The van der Waals surface area contributed by atoms with E-state index in [4.69, 9.17) is 14.2 Å². The summed E-state index contributed by atoms with van der Waals surface area (Å²) >= 11 is 0. The lowest BCUT2D eigenvalue weighted by Gasteiger charge is -2.09. The van der Waals surface area contributed by atoms with E-state index in [0.717, 1.165) is 35.2 Å². The summed E-state index contributed by atoms with van der Waals surface area (Å²) in [5.41, 5.74) is 1.74. The number of aromatic nitrogens is 1. The second kappa shape index (κ2) is 8.71. The van der Waals surface area contributed by atoms with Crippen molar-refractivity contribution in [2.45, 2.75) is 20.3 Å². The smallest absolute Gasteiger partial charge is 0.421 e. The predicted octanol–water partition coefficient (Wildman–Crippen LogP) is 2.90. The van der Waals surface area contributed by atoms with Gasteiger partial charge in [0.1, 0.15) is 5.75 Å². The van der Waals surface area contributed by atoms with Gasteiger partial charge in [-0.25, -0.2) is 4.79 Å². The number of fused-ring (bicyclic) bond motifs is 1. The van der Waals surface area contributed by atoms with Crippen molar-refractivity contribution in [2.24, 2.45) is 5.92 Å². The van der Waals surface area contributed by atoms with Crippen molar-refractivity contribution in [1.82, 2.24) is 9.47 Å². The van der Waals surface area contributed by atoms with Crippen LogP contribution in [0.5, 0.6) is 5.75 Å². The van der Waals surface area contributed by atoms with Crippen LogP contribution in [0, 0.1) is 5.92 Å². The molecule has 0 unspecified atom stereocenters. The van der Waals surface area contributed by atoms with Gasteiger partial charge in [0, 0.05) is 18.1 Å². The van der Waals surface area contributed by atoms with Crippen LogP contribution in [0.3, 0.4) is 0 Å². The van der Waals surface area contributed by atoms with Crippen molar-refractivity contribution in [2.75, 3.05) is 34.5 Å². The normalized spacial score (nSPS) is 11.2. The largest absolute Gasteiger partial charge is 0.497 e. The van der Waals surface area contributed by atoms with Crippen LogP contribution in [0.25, 0.3) is 10.9 Å². The molecule has 2 aromatic rings. The fourth-order valence-electron chi connectivity index (χ4n) is 2.47. The van der Waals surface area contributed by atoms with Crippen molar-refractivity contribution >= 4 is 23.0 Å². The Balaban J connectivity index is 2.22. The average Bonchev–Trinajstić information content (AvgIpc) is 2.97. The minimum Gasteiger partial charge on any atom is -0.497 e. The Kier molecular flexibility index (Phi) is 6.63. The third-order valence-electron chi connectivity index (χ3n) is 3.97. The summed E-state index contributed by atoms with van der Waals surface area (Å²) in [6.07, 6.45) is 1.95. The Hall–Kier alpha value is -2.54. The number of hydrogen-bond acceptors (Lipinski definition) is 6. The molecule has 0 saturated heterocycles. The van der Waals surface area contributed by atoms with E-state index < -0.39 is 18.9 Å². The molecular weight excluding hydrogens is 336 g/mol. The summed E-state index contributed by atoms with van der Waals surface area (Å²) in [5, 5.41) is 0.933. The molecule has 1 aromatic carbocycles. The van der Waals surface area contributed by atoms with Crippen LogP contribution in [0.1, 0.15) is 19.4 Å². The summed E-state index contributed by atoms with van der Waals surface area (Å²) in [6, 6.07) is 5.51. The number of hydrogen-bond donors (Lipinski definition) is 0. The minimum absolute atomic E-state index is 0.272. The van der Waals surface area contributed by atoms with Crippen molar-refractivity contribution in [3.8, 4) is 5.75 Å². The summed E-state index contributed by atoms with van der Waals surface area (Å²) in [4.78, 5) is 26.0. The molecule has 0 aliphatic carbocycles. The Bertz CT molecular complexity index is 780. The van der Waals surface area contributed by atoms with Crippen LogP contribution in [0.2, 0.25) is 0 Å². The Labute approximate surface area is 153 Å². The number of carbonyl (C=O) groups excluding carboxylic acids is 2. The maximum absolute atomic E-state index is 12.4. The number of benzene rings is 1. The molecule has 0 saturated carbocycles. The number of nitrogens with zero attached hydrogens (tertiary/aromatic N) is 2. The van der Waals surface area contributed by atoms with Gasteiger partial charge in [-0.2, -0.15) is 0 Å². The number of rotatable bonds is 7. The molecule has 0 N–H and O–H groups in total. The van der Waals surface area contributed by atoms with Gasteiger partial charge in [-0.3, -0.25) is 9.36 Å². The van der Waals surface area contributed by atoms with Gasteiger partial charge < -0.3 is 19.1 Å². The SMILES string of the molecule is COc1ccc2c(c1)c(CCN(C)C)cn2C(=O)OCOC(=O)C(C)C. The van der Waals surface area contributed by atoms with Gasteiger partial charge in [-0.05, 0) is 44.3 Å². The molecule has 1 aromatic heterocycles. The molecule has 2 rings (SSSR count). The zero-order chi connectivity index (χ0) is 19.3. The zero-order valence-corrected chi connectivity index (χ0v) is 15.9. The first-order valence-electron chi connectivity index (χ1n) is 8.50. The molecule has 1 heterocycles. The van der Waals surface area contributed by atoms with Crippen LogP contribution in [-0.2, 0) is 20.7 Å². The summed E-state index contributed by atoms with van der Waals surface area (Å²) in [6.45, 7) is 3.87. The molecule has 0 atom stereocenters. The maximum Gasteiger partial charge on any atom is 0.421 e. The number of carbonyl (C=O) groups is 2. The Morgan fingerprint density at radius 3 is 2.54 bits per heavy atom. The predicted molar refractivity (Wildman–Crippen MR) is 98.4 cm³/mol. The van der Waals surface area contributed by atoms with E-state index in [1.807, 2.05) is 26.2 Å². The van der Waals surface area contributed by atoms with E-state index in [0.29, 0.717) is 0 Å². The number of methoxy groups -OCH3 is 1. The van der Waals surface area contributed by atoms with Gasteiger partial charge in [0.2, 0.25) is 6.79 Å². The van der Waals surface area contributed by atoms with Gasteiger partial charge in [0.15, 0.2) is 0 Å². The molecule has 0 bridgehead atoms. The molecular formula is C19H26N2O5. The van der Waals surface area contributed by atoms with Crippen molar-refractivity contribution < 1.29 is 23.8 Å². The molecule has 26 heavy (non-hydrogen) atoms. The Morgan fingerprint density at radius 2 is 1.92 bits per heavy atom. The van der Waals surface area contributed by atoms with Gasteiger partial charge in [-0.1, -0.05) is 13.8 Å². The van der Waals surface area contributed by atoms with Crippen molar-refractivity contribution in [3.05, 3.63) is 30.0 Å². The second-order valence-corrected chi connectivity index (χ2v) is 6.61. The first kappa shape index (κ1) is 19.8. The van der Waals surface area contributed by atoms with Crippen molar-refractivity contribution in [3.63, 3.8) is 0 Å². The standard InChI is InChI=1S/C19H26N2O5/c1-13(2)18(22)25-12-26-19(23)21-11-14(8-9-20(3)4)16-10-15(24-5)6-7-17(16)21/h6-7,10-11,13H,8-9,12H2,1-5H3. The van der Waals surface area contributed by atoms with E-state index in [-0.39, 0.29) is 5.92 Å². The molecule has 0 fully saturated rings. The number of esters is 1. The van der Waals surface area contributed by atoms with Crippen LogP contribution >= 0.6 is 0 Å². The molecule has 7 heteroatoms. The second-order valence-electron chi connectivity index (χ2n) is 6.61. The van der Waals surface area contributed by atoms with E-state index in [2.05, 4.69) is 4.90 Å². The molecule has 0 spiro atoms. The van der Waals surface area contributed by atoms with Crippen LogP contribution in [-0.4, -0.2) is 56.1 Å². The van der Waals surface area contributed by atoms with Gasteiger partial charge in [-0.15, -0.1) is 0 Å². The number of likely N-dealkylation sites (N-methyl/N-ethyl adjacent to an activating group) is 1. The van der Waals surface area contributed by atoms with E-state index in [1.165, 1.54) is 4.57 Å². The summed E-state index contributed by atoms with van der Waals surface area (Å²) < 4.78 is 16.7. The molecule has 7 nitrogen and oxygen atoms in total.